The minimum atomic E-state index is -0.169. The molecule has 0 unspecified atom stereocenters. The van der Waals surface area contributed by atoms with Crippen LogP contribution < -0.4 is 15.2 Å². The van der Waals surface area contributed by atoms with E-state index < -0.39 is 0 Å². The number of benzene rings is 1. The van der Waals surface area contributed by atoms with Crippen molar-refractivity contribution in [2.75, 3.05) is 20.5 Å². The van der Waals surface area contributed by atoms with Crippen molar-refractivity contribution in [1.82, 2.24) is 0 Å². The van der Waals surface area contributed by atoms with Gasteiger partial charge in [-0.2, -0.15) is 0 Å². The average Bonchev–Trinajstić information content (AvgIpc) is 2.34. The molecule has 0 aliphatic heterocycles. The van der Waals surface area contributed by atoms with E-state index in [-0.39, 0.29) is 5.54 Å². The molecule has 1 fully saturated rings. The van der Waals surface area contributed by atoms with Gasteiger partial charge in [-0.1, -0.05) is 0 Å². The quantitative estimate of drug-likeness (QED) is 0.838. The predicted octanol–water partition coefficient (Wildman–Crippen LogP) is 2.76. The molecule has 1 aliphatic carbocycles. The van der Waals surface area contributed by atoms with Crippen LogP contribution in [0.5, 0.6) is 11.5 Å². The molecular formula is C13H19NO2S. The molecular weight excluding hydrogens is 234 g/mol. The van der Waals surface area contributed by atoms with Crippen molar-refractivity contribution in [1.29, 1.82) is 0 Å². The Bertz CT molecular complexity index is 416. The van der Waals surface area contributed by atoms with E-state index in [2.05, 4.69) is 6.26 Å². The summed E-state index contributed by atoms with van der Waals surface area (Å²) in [4.78, 5) is 1.19. The maximum atomic E-state index is 6.41. The first kappa shape index (κ1) is 12.6. The molecule has 94 valence electrons. The molecule has 1 saturated carbocycles. The smallest absolute Gasteiger partial charge is 0.161 e. The molecule has 0 spiro atoms. The molecule has 2 N–H and O–H groups in total. The topological polar surface area (TPSA) is 44.5 Å². The first-order valence-corrected chi connectivity index (χ1v) is 6.96. The Labute approximate surface area is 107 Å². The van der Waals surface area contributed by atoms with Gasteiger partial charge in [0.05, 0.1) is 14.2 Å². The molecule has 3 nitrogen and oxygen atoms in total. The van der Waals surface area contributed by atoms with Gasteiger partial charge in [0.25, 0.3) is 0 Å². The van der Waals surface area contributed by atoms with E-state index in [4.69, 9.17) is 15.2 Å². The second-order valence-corrected chi connectivity index (χ2v) is 5.27. The maximum Gasteiger partial charge on any atom is 0.161 e. The zero-order valence-electron chi connectivity index (χ0n) is 10.6. The summed E-state index contributed by atoms with van der Waals surface area (Å²) in [6.07, 6.45) is 5.37. The van der Waals surface area contributed by atoms with Crippen LogP contribution in [0.2, 0.25) is 0 Å². The molecule has 0 radical (unpaired) electrons. The van der Waals surface area contributed by atoms with Crippen LogP contribution in [-0.2, 0) is 5.54 Å². The van der Waals surface area contributed by atoms with Gasteiger partial charge in [-0.3, -0.25) is 0 Å². The van der Waals surface area contributed by atoms with E-state index in [1.807, 2.05) is 12.1 Å². The molecule has 17 heavy (non-hydrogen) atoms. The van der Waals surface area contributed by atoms with Gasteiger partial charge < -0.3 is 15.2 Å². The van der Waals surface area contributed by atoms with Crippen molar-refractivity contribution in [3.63, 3.8) is 0 Å². The molecule has 2 rings (SSSR count). The lowest BCUT2D eigenvalue weighted by Gasteiger charge is -2.40. The number of hydrogen-bond acceptors (Lipinski definition) is 4. The van der Waals surface area contributed by atoms with Crippen LogP contribution in [0.25, 0.3) is 0 Å². The van der Waals surface area contributed by atoms with Crippen LogP contribution in [0, 0.1) is 0 Å². The fourth-order valence-corrected chi connectivity index (χ4v) is 2.95. The zero-order valence-corrected chi connectivity index (χ0v) is 11.4. The maximum absolute atomic E-state index is 6.41. The van der Waals surface area contributed by atoms with Gasteiger partial charge in [-0.25, -0.2) is 0 Å². The number of methoxy groups -OCH3 is 2. The number of ether oxygens (including phenoxy) is 2. The van der Waals surface area contributed by atoms with Crippen molar-refractivity contribution >= 4 is 11.8 Å². The van der Waals surface area contributed by atoms with E-state index in [1.165, 1.54) is 16.9 Å². The van der Waals surface area contributed by atoms with Crippen molar-refractivity contribution in [3.05, 3.63) is 17.7 Å². The number of rotatable bonds is 4. The lowest BCUT2D eigenvalue weighted by atomic mass is 9.72. The minimum Gasteiger partial charge on any atom is -0.493 e. The first-order valence-electron chi connectivity index (χ1n) is 5.74. The molecule has 4 heteroatoms. The minimum absolute atomic E-state index is 0.169. The molecule has 0 atom stereocenters. The average molecular weight is 253 g/mol. The van der Waals surface area contributed by atoms with Gasteiger partial charge in [0.15, 0.2) is 11.5 Å². The molecule has 0 bridgehead atoms. The molecule has 0 heterocycles. The van der Waals surface area contributed by atoms with E-state index in [0.717, 1.165) is 24.3 Å². The van der Waals surface area contributed by atoms with Gasteiger partial charge in [0.2, 0.25) is 0 Å². The van der Waals surface area contributed by atoms with E-state index in [1.54, 1.807) is 26.0 Å². The van der Waals surface area contributed by atoms with Crippen molar-refractivity contribution in [2.45, 2.75) is 29.7 Å². The first-order chi connectivity index (χ1) is 8.14. The third-order valence-electron chi connectivity index (χ3n) is 3.49. The van der Waals surface area contributed by atoms with Crippen LogP contribution >= 0.6 is 11.8 Å². The molecule has 0 aromatic heterocycles. The standard InChI is InChI=1S/C13H19NO2S/c1-15-10-7-9(13(14)5-4-6-13)12(17-3)8-11(10)16-2/h7-8H,4-6,14H2,1-3H3. The molecule has 0 saturated heterocycles. The van der Waals surface area contributed by atoms with E-state index in [0.29, 0.717) is 0 Å². The summed E-state index contributed by atoms with van der Waals surface area (Å²) in [6.45, 7) is 0. The Balaban J connectivity index is 2.49. The normalized spacial score (nSPS) is 17.4. The Kier molecular flexibility index (Phi) is 3.54. The summed E-state index contributed by atoms with van der Waals surface area (Å²) in [5.41, 5.74) is 7.43. The summed E-state index contributed by atoms with van der Waals surface area (Å²) in [6, 6.07) is 4.05. The monoisotopic (exact) mass is 253 g/mol. The second-order valence-electron chi connectivity index (χ2n) is 4.42. The number of nitrogens with two attached hydrogens (primary N) is 1. The van der Waals surface area contributed by atoms with Gasteiger partial charge in [0, 0.05) is 10.4 Å². The third kappa shape index (κ3) is 2.11. The Hall–Kier alpha value is -0.870. The van der Waals surface area contributed by atoms with Crippen molar-refractivity contribution in [3.8, 4) is 11.5 Å². The van der Waals surface area contributed by atoms with Crippen LogP contribution in [0.4, 0.5) is 0 Å². The molecule has 1 aromatic carbocycles. The van der Waals surface area contributed by atoms with Crippen LogP contribution in [-0.4, -0.2) is 20.5 Å². The zero-order chi connectivity index (χ0) is 12.5. The number of hydrogen-bond donors (Lipinski definition) is 1. The predicted molar refractivity (Wildman–Crippen MR) is 71.0 cm³/mol. The summed E-state index contributed by atoms with van der Waals surface area (Å²) in [5.74, 6) is 1.53. The lowest BCUT2D eigenvalue weighted by molar-refractivity contribution is 0.247. The van der Waals surface area contributed by atoms with Gasteiger partial charge >= 0.3 is 0 Å². The van der Waals surface area contributed by atoms with Crippen molar-refractivity contribution in [2.24, 2.45) is 5.73 Å². The highest BCUT2D eigenvalue weighted by Gasteiger charge is 2.36. The highest BCUT2D eigenvalue weighted by Crippen LogP contribution is 2.46. The van der Waals surface area contributed by atoms with Crippen molar-refractivity contribution < 1.29 is 9.47 Å². The van der Waals surface area contributed by atoms with Crippen LogP contribution in [0.3, 0.4) is 0 Å². The molecule has 1 aromatic rings. The van der Waals surface area contributed by atoms with E-state index >= 15 is 0 Å². The summed E-state index contributed by atoms with van der Waals surface area (Å²) >= 11 is 1.70. The largest absolute Gasteiger partial charge is 0.493 e. The fourth-order valence-electron chi connectivity index (χ4n) is 2.25. The van der Waals surface area contributed by atoms with Gasteiger partial charge in [-0.15, -0.1) is 11.8 Å². The SMILES string of the molecule is COc1cc(SC)c(C2(N)CCC2)cc1OC. The van der Waals surface area contributed by atoms with Crippen LogP contribution in [0.1, 0.15) is 24.8 Å². The molecule has 0 amide bonds. The summed E-state index contributed by atoms with van der Waals surface area (Å²) in [7, 11) is 3.31. The summed E-state index contributed by atoms with van der Waals surface area (Å²) in [5, 5.41) is 0. The second kappa shape index (κ2) is 4.78. The Morgan fingerprint density at radius 3 is 2.18 bits per heavy atom. The third-order valence-corrected chi connectivity index (χ3v) is 4.27. The fraction of sp³-hybridized carbons (Fsp3) is 0.538. The van der Waals surface area contributed by atoms with Crippen LogP contribution in [0.15, 0.2) is 17.0 Å². The lowest BCUT2D eigenvalue weighted by Crippen LogP contribution is -2.43. The Morgan fingerprint density at radius 2 is 1.76 bits per heavy atom. The highest BCUT2D eigenvalue weighted by atomic mass is 32.2. The van der Waals surface area contributed by atoms with Gasteiger partial charge in [0.1, 0.15) is 0 Å². The molecule has 1 aliphatic rings. The van der Waals surface area contributed by atoms with Gasteiger partial charge in [-0.05, 0) is 43.2 Å². The summed E-state index contributed by atoms with van der Waals surface area (Å²) < 4.78 is 10.7. The Morgan fingerprint density at radius 1 is 1.18 bits per heavy atom. The highest BCUT2D eigenvalue weighted by molar-refractivity contribution is 7.98. The number of thioether (sulfide) groups is 1. The van der Waals surface area contributed by atoms with E-state index in [9.17, 15) is 0 Å².